The number of halogens is 2. The Balaban J connectivity index is 2.28. The lowest BCUT2D eigenvalue weighted by atomic mass is 10.1. The Labute approximate surface area is 124 Å². The van der Waals surface area contributed by atoms with E-state index in [2.05, 4.69) is 13.8 Å². The van der Waals surface area contributed by atoms with E-state index in [0.29, 0.717) is 21.7 Å². The van der Waals surface area contributed by atoms with Crippen LogP contribution in [0.25, 0.3) is 0 Å². The van der Waals surface area contributed by atoms with E-state index in [9.17, 15) is 4.79 Å². The highest BCUT2D eigenvalue weighted by Crippen LogP contribution is 2.28. The number of benzene rings is 1. The molecular formula is C15H19Cl2NO. The van der Waals surface area contributed by atoms with E-state index in [1.165, 1.54) is 12.8 Å². The summed E-state index contributed by atoms with van der Waals surface area (Å²) in [6.45, 7) is 4.12. The number of nitrogens with zero attached hydrogens (tertiary/aromatic N) is 1. The number of hydrogen-bond donors (Lipinski definition) is 0. The van der Waals surface area contributed by atoms with E-state index in [1.54, 1.807) is 18.2 Å². The minimum absolute atomic E-state index is 0.0336. The fourth-order valence-corrected chi connectivity index (χ4v) is 3.36. The van der Waals surface area contributed by atoms with Crippen LogP contribution in [0.2, 0.25) is 10.0 Å². The third-order valence-electron chi connectivity index (χ3n) is 3.62. The number of hydrogen-bond acceptors (Lipinski definition) is 1. The first kappa shape index (κ1) is 14.7. The topological polar surface area (TPSA) is 20.3 Å². The van der Waals surface area contributed by atoms with Crippen LogP contribution in [-0.4, -0.2) is 22.9 Å². The van der Waals surface area contributed by atoms with Gasteiger partial charge in [-0.15, -0.1) is 0 Å². The summed E-state index contributed by atoms with van der Waals surface area (Å²) in [5.74, 6) is 0.0336. The average Bonchev–Trinajstić information content (AvgIpc) is 2.80. The summed E-state index contributed by atoms with van der Waals surface area (Å²) in [4.78, 5) is 14.7. The van der Waals surface area contributed by atoms with E-state index in [0.717, 1.165) is 12.8 Å². The van der Waals surface area contributed by atoms with Gasteiger partial charge in [0, 0.05) is 27.7 Å². The van der Waals surface area contributed by atoms with Crippen molar-refractivity contribution in [1.29, 1.82) is 0 Å². The zero-order valence-electron chi connectivity index (χ0n) is 11.3. The summed E-state index contributed by atoms with van der Waals surface area (Å²) >= 11 is 12.0. The molecule has 19 heavy (non-hydrogen) atoms. The van der Waals surface area contributed by atoms with Crippen molar-refractivity contribution in [3.05, 3.63) is 33.8 Å². The number of carbonyl (C=O) groups excluding carboxylic acids is 1. The Morgan fingerprint density at radius 3 is 2.16 bits per heavy atom. The van der Waals surface area contributed by atoms with E-state index in [-0.39, 0.29) is 11.9 Å². The normalized spacial score (nSPS) is 16.1. The minimum atomic E-state index is 0.0336. The van der Waals surface area contributed by atoms with Crippen LogP contribution in [0.15, 0.2) is 18.2 Å². The van der Waals surface area contributed by atoms with Gasteiger partial charge < -0.3 is 4.90 Å². The summed E-state index contributed by atoms with van der Waals surface area (Å²) in [7, 11) is 0. The molecule has 0 heterocycles. The third kappa shape index (κ3) is 3.43. The van der Waals surface area contributed by atoms with Crippen LogP contribution in [0.5, 0.6) is 0 Å². The molecule has 2 nitrogen and oxygen atoms in total. The highest BCUT2D eigenvalue weighted by Gasteiger charge is 2.29. The number of rotatable bonds is 3. The minimum Gasteiger partial charge on any atom is -0.333 e. The van der Waals surface area contributed by atoms with Crippen molar-refractivity contribution in [2.75, 3.05) is 0 Å². The van der Waals surface area contributed by atoms with Crippen molar-refractivity contribution in [3.63, 3.8) is 0 Å². The van der Waals surface area contributed by atoms with Crippen LogP contribution in [0, 0.1) is 0 Å². The fourth-order valence-electron chi connectivity index (χ4n) is 2.83. The molecule has 0 unspecified atom stereocenters. The molecule has 0 aliphatic heterocycles. The molecular weight excluding hydrogens is 281 g/mol. The van der Waals surface area contributed by atoms with E-state index in [1.807, 2.05) is 4.90 Å². The van der Waals surface area contributed by atoms with Crippen molar-refractivity contribution < 1.29 is 4.79 Å². The van der Waals surface area contributed by atoms with E-state index < -0.39 is 0 Å². The van der Waals surface area contributed by atoms with E-state index >= 15 is 0 Å². The third-order valence-corrected chi connectivity index (χ3v) is 4.05. The van der Waals surface area contributed by atoms with Gasteiger partial charge in [0.25, 0.3) is 5.91 Å². The largest absolute Gasteiger partial charge is 0.333 e. The first-order valence-corrected chi connectivity index (χ1v) is 7.53. The molecule has 0 atom stereocenters. The van der Waals surface area contributed by atoms with Gasteiger partial charge in [-0.05, 0) is 44.9 Å². The number of amides is 1. The molecule has 0 saturated heterocycles. The zero-order chi connectivity index (χ0) is 14.0. The van der Waals surface area contributed by atoms with Gasteiger partial charge in [0.05, 0.1) is 0 Å². The van der Waals surface area contributed by atoms with Gasteiger partial charge in [-0.3, -0.25) is 4.79 Å². The lowest BCUT2D eigenvalue weighted by molar-refractivity contribution is 0.0613. The molecule has 1 aromatic carbocycles. The zero-order valence-corrected chi connectivity index (χ0v) is 12.8. The standard InChI is InChI=1S/C15H19Cl2NO/c1-10(2)18(14-5-3-4-6-14)15(19)11-7-12(16)9-13(17)8-11/h7-10,14H,3-6H2,1-2H3. The van der Waals surface area contributed by atoms with Crippen LogP contribution >= 0.6 is 23.2 Å². The Morgan fingerprint density at radius 2 is 1.68 bits per heavy atom. The lowest BCUT2D eigenvalue weighted by Gasteiger charge is -2.33. The van der Waals surface area contributed by atoms with Gasteiger partial charge in [-0.2, -0.15) is 0 Å². The van der Waals surface area contributed by atoms with Crippen LogP contribution < -0.4 is 0 Å². The van der Waals surface area contributed by atoms with Gasteiger partial charge in [-0.25, -0.2) is 0 Å². The molecule has 4 heteroatoms. The van der Waals surface area contributed by atoms with Crippen molar-refractivity contribution in [2.45, 2.75) is 51.6 Å². The molecule has 1 aromatic rings. The highest BCUT2D eigenvalue weighted by molar-refractivity contribution is 6.35. The van der Waals surface area contributed by atoms with Crippen molar-refractivity contribution in [1.82, 2.24) is 4.90 Å². The molecule has 104 valence electrons. The molecule has 0 radical (unpaired) electrons. The summed E-state index contributed by atoms with van der Waals surface area (Å²) in [5, 5.41) is 1.01. The molecule has 1 aliphatic rings. The Kier molecular flexibility index (Phi) is 4.75. The van der Waals surface area contributed by atoms with Gasteiger partial charge >= 0.3 is 0 Å². The van der Waals surface area contributed by atoms with Gasteiger partial charge in [-0.1, -0.05) is 36.0 Å². The van der Waals surface area contributed by atoms with Gasteiger partial charge in [0.1, 0.15) is 0 Å². The van der Waals surface area contributed by atoms with Crippen molar-refractivity contribution in [3.8, 4) is 0 Å². The molecule has 1 aliphatic carbocycles. The predicted octanol–water partition coefficient (Wildman–Crippen LogP) is 4.79. The Morgan fingerprint density at radius 1 is 1.16 bits per heavy atom. The van der Waals surface area contributed by atoms with Crippen LogP contribution in [0.4, 0.5) is 0 Å². The smallest absolute Gasteiger partial charge is 0.254 e. The predicted molar refractivity (Wildman–Crippen MR) is 80.0 cm³/mol. The average molecular weight is 300 g/mol. The summed E-state index contributed by atoms with van der Waals surface area (Å²) in [6, 6.07) is 5.58. The monoisotopic (exact) mass is 299 g/mol. The van der Waals surface area contributed by atoms with Gasteiger partial charge in [0.15, 0.2) is 0 Å². The highest BCUT2D eigenvalue weighted by atomic mass is 35.5. The number of carbonyl (C=O) groups is 1. The fraction of sp³-hybridized carbons (Fsp3) is 0.533. The quantitative estimate of drug-likeness (QED) is 0.786. The van der Waals surface area contributed by atoms with Crippen LogP contribution in [0.3, 0.4) is 0 Å². The van der Waals surface area contributed by atoms with Crippen LogP contribution in [0.1, 0.15) is 49.9 Å². The van der Waals surface area contributed by atoms with Crippen LogP contribution in [-0.2, 0) is 0 Å². The maximum atomic E-state index is 12.7. The molecule has 1 saturated carbocycles. The second-order valence-electron chi connectivity index (χ2n) is 5.40. The first-order valence-electron chi connectivity index (χ1n) is 6.78. The van der Waals surface area contributed by atoms with Crippen molar-refractivity contribution >= 4 is 29.1 Å². The van der Waals surface area contributed by atoms with Gasteiger partial charge in [0.2, 0.25) is 0 Å². The summed E-state index contributed by atoms with van der Waals surface area (Å²) < 4.78 is 0. The molecule has 0 N–H and O–H groups in total. The first-order chi connectivity index (χ1) is 8.99. The molecule has 0 spiro atoms. The molecule has 0 bridgehead atoms. The van der Waals surface area contributed by atoms with E-state index in [4.69, 9.17) is 23.2 Å². The van der Waals surface area contributed by atoms with Crippen molar-refractivity contribution in [2.24, 2.45) is 0 Å². The SMILES string of the molecule is CC(C)N(C(=O)c1cc(Cl)cc(Cl)c1)C1CCCC1. The second kappa shape index (κ2) is 6.15. The summed E-state index contributed by atoms with van der Waals surface area (Å²) in [6.07, 6.45) is 4.60. The Bertz CT molecular complexity index is 447. The molecule has 2 rings (SSSR count). The molecule has 1 fully saturated rings. The maximum absolute atomic E-state index is 12.7. The second-order valence-corrected chi connectivity index (χ2v) is 6.28. The lowest BCUT2D eigenvalue weighted by Crippen LogP contribution is -2.43. The molecule has 1 amide bonds. The Hall–Kier alpha value is -0.730. The summed E-state index contributed by atoms with van der Waals surface area (Å²) in [5.41, 5.74) is 0.582. The maximum Gasteiger partial charge on any atom is 0.254 e. The molecule has 0 aromatic heterocycles.